The molecule has 2 aromatic carbocycles. The summed E-state index contributed by atoms with van der Waals surface area (Å²) in [6.07, 6.45) is 3.23. The van der Waals surface area contributed by atoms with Gasteiger partial charge in [0.15, 0.2) is 11.4 Å². The second kappa shape index (κ2) is 11.9. The highest BCUT2D eigenvalue weighted by atomic mass is 32.2. The zero-order chi connectivity index (χ0) is 23.8. The fourth-order valence-electron chi connectivity index (χ4n) is 3.65. The van der Waals surface area contributed by atoms with E-state index in [1.165, 1.54) is 0 Å². The van der Waals surface area contributed by atoms with E-state index >= 15 is 0 Å². The summed E-state index contributed by atoms with van der Waals surface area (Å²) >= 11 is 1.54. The van der Waals surface area contributed by atoms with Gasteiger partial charge in [0.2, 0.25) is 0 Å². The smallest absolute Gasteiger partial charge is 0.319 e. The van der Waals surface area contributed by atoms with Crippen molar-refractivity contribution < 1.29 is 19.4 Å². The number of amides is 2. The Balaban J connectivity index is 1.53. The summed E-state index contributed by atoms with van der Waals surface area (Å²) in [5.41, 5.74) is 3.35. The molecule has 1 fully saturated rings. The summed E-state index contributed by atoms with van der Waals surface area (Å²) in [6.45, 7) is 2.41. The van der Waals surface area contributed by atoms with Crippen LogP contribution in [0.4, 0.5) is 10.5 Å². The van der Waals surface area contributed by atoms with Crippen LogP contribution >= 0.6 is 11.8 Å². The van der Waals surface area contributed by atoms with Crippen molar-refractivity contribution in [2.45, 2.75) is 43.6 Å². The third kappa shape index (κ3) is 6.54. The zero-order valence-electron chi connectivity index (χ0n) is 18.9. The molecular weight excluding hydrogens is 452 g/mol. The van der Waals surface area contributed by atoms with Crippen LogP contribution in [0.2, 0.25) is 0 Å². The molecule has 0 bridgehead atoms. The van der Waals surface area contributed by atoms with Gasteiger partial charge in [0, 0.05) is 42.4 Å². The number of aliphatic hydroxyl groups excluding tert-OH is 1. The normalized spacial score (nSPS) is 20.0. The Kier molecular flexibility index (Phi) is 8.48. The van der Waals surface area contributed by atoms with Crippen LogP contribution < -0.4 is 10.6 Å². The Morgan fingerprint density at radius 2 is 1.88 bits per heavy atom. The first-order chi connectivity index (χ1) is 16.6. The summed E-state index contributed by atoms with van der Waals surface area (Å²) in [5.74, 6) is 0.673. The van der Waals surface area contributed by atoms with E-state index in [4.69, 9.17) is 9.47 Å². The molecule has 4 rings (SSSR count). The highest BCUT2D eigenvalue weighted by Crippen LogP contribution is 2.39. The SMILES string of the molecule is CCNC(=O)Nc1cccc(C2OC(CSc3ncccn3)CC(c3ccc(CO)cc3)O2)c1. The highest BCUT2D eigenvalue weighted by Gasteiger charge is 2.32. The molecule has 0 saturated carbocycles. The Labute approximate surface area is 203 Å². The van der Waals surface area contributed by atoms with Crippen LogP contribution in [-0.2, 0) is 16.1 Å². The van der Waals surface area contributed by atoms with Crippen molar-refractivity contribution in [3.05, 3.63) is 83.7 Å². The van der Waals surface area contributed by atoms with Gasteiger partial charge in [-0.05, 0) is 36.2 Å². The molecule has 3 N–H and O–H groups in total. The molecule has 9 heteroatoms. The predicted molar refractivity (Wildman–Crippen MR) is 130 cm³/mol. The van der Waals surface area contributed by atoms with Crippen molar-refractivity contribution in [1.29, 1.82) is 0 Å². The first-order valence-corrected chi connectivity index (χ1v) is 12.2. The fourth-order valence-corrected chi connectivity index (χ4v) is 4.47. The third-order valence-electron chi connectivity index (χ3n) is 5.31. The molecule has 2 amide bonds. The molecule has 3 atom stereocenters. The van der Waals surface area contributed by atoms with E-state index in [0.29, 0.717) is 29.6 Å². The van der Waals surface area contributed by atoms with Crippen LogP contribution in [0.1, 0.15) is 42.4 Å². The van der Waals surface area contributed by atoms with E-state index in [9.17, 15) is 9.90 Å². The van der Waals surface area contributed by atoms with Gasteiger partial charge in [-0.2, -0.15) is 0 Å². The van der Waals surface area contributed by atoms with Gasteiger partial charge in [0.25, 0.3) is 0 Å². The number of urea groups is 1. The number of carbonyl (C=O) groups is 1. The minimum atomic E-state index is -0.602. The lowest BCUT2D eigenvalue weighted by Gasteiger charge is -2.36. The van der Waals surface area contributed by atoms with Crippen molar-refractivity contribution >= 4 is 23.5 Å². The van der Waals surface area contributed by atoms with Gasteiger partial charge in [0.1, 0.15) is 0 Å². The van der Waals surface area contributed by atoms with E-state index in [1.54, 1.807) is 30.2 Å². The van der Waals surface area contributed by atoms with Crippen molar-refractivity contribution in [2.24, 2.45) is 0 Å². The molecular formula is C25H28N4O4S. The molecule has 3 unspecified atom stereocenters. The van der Waals surface area contributed by atoms with Crippen molar-refractivity contribution in [1.82, 2.24) is 15.3 Å². The lowest BCUT2D eigenvalue weighted by molar-refractivity contribution is -0.245. The fraction of sp³-hybridized carbons (Fsp3) is 0.320. The van der Waals surface area contributed by atoms with Gasteiger partial charge in [0.05, 0.1) is 18.8 Å². The van der Waals surface area contributed by atoms with E-state index in [2.05, 4.69) is 20.6 Å². The Morgan fingerprint density at radius 3 is 2.62 bits per heavy atom. The van der Waals surface area contributed by atoms with Crippen molar-refractivity contribution in [2.75, 3.05) is 17.6 Å². The molecule has 0 aliphatic carbocycles. The van der Waals surface area contributed by atoms with Gasteiger partial charge >= 0.3 is 6.03 Å². The quantitative estimate of drug-likeness (QED) is 0.323. The number of aliphatic hydroxyl groups is 1. The molecule has 34 heavy (non-hydrogen) atoms. The average Bonchev–Trinajstić information content (AvgIpc) is 2.88. The number of ether oxygens (including phenoxy) is 2. The maximum atomic E-state index is 11.9. The number of nitrogens with zero attached hydrogens (tertiary/aromatic N) is 2. The minimum Gasteiger partial charge on any atom is -0.392 e. The van der Waals surface area contributed by atoms with Crippen molar-refractivity contribution in [3.63, 3.8) is 0 Å². The summed E-state index contributed by atoms with van der Waals surface area (Å²) in [6, 6.07) is 16.8. The summed E-state index contributed by atoms with van der Waals surface area (Å²) in [7, 11) is 0. The molecule has 1 aliphatic rings. The van der Waals surface area contributed by atoms with Crippen LogP contribution in [0.15, 0.2) is 72.1 Å². The molecule has 1 aromatic heterocycles. The number of anilines is 1. The number of nitrogens with one attached hydrogen (secondary N) is 2. The molecule has 0 radical (unpaired) electrons. The number of thioether (sulfide) groups is 1. The van der Waals surface area contributed by atoms with Gasteiger partial charge in [-0.1, -0.05) is 48.2 Å². The first-order valence-electron chi connectivity index (χ1n) is 11.2. The average molecular weight is 481 g/mol. The van der Waals surface area contributed by atoms with E-state index in [-0.39, 0.29) is 24.8 Å². The van der Waals surface area contributed by atoms with Gasteiger partial charge in [-0.25, -0.2) is 14.8 Å². The van der Waals surface area contributed by atoms with Crippen LogP contribution in [-0.4, -0.2) is 39.5 Å². The maximum Gasteiger partial charge on any atom is 0.319 e. The molecule has 178 valence electrons. The Hall–Kier alpha value is -2.98. The van der Waals surface area contributed by atoms with Crippen LogP contribution in [0.25, 0.3) is 0 Å². The number of hydrogen-bond donors (Lipinski definition) is 3. The monoisotopic (exact) mass is 480 g/mol. The van der Waals surface area contributed by atoms with Gasteiger partial charge in [-0.3, -0.25) is 0 Å². The summed E-state index contributed by atoms with van der Waals surface area (Å²) in [4.78, 5) is 20.5. The highest BCUT2D eigenvalue weighted by molar-refractivity contribution is 7.99. The second-order valence-electron chi connectivity index (χ2n) is 7.80. The van der Waals surface area contributed by atoms with E-state index in [1.807, 2.05) is 55.5 Å². The van der Waals surface area contributed by atoms with Crippen LogP contribution in [0, 0.1) is 0 Å². The molecule has 8 nitrogen and oxygen atoms in total. The summed E-state index contributed by atoms with van der Waals surface area (Å²) < 4.78 is 12.7. The minimum absolute atomic E-state index is 0.000713. The number of hydrogen-bond acceptors (Lipinski definition) is 7. The van der Waals surface area contributed by atoms with Crippen LogP contribution in [0.5, 0.6) is 0 Å². The molecule has 1 saturated heterocycles. The largest absolute Gasteiger partial charge is 0.392 e. The molecule has 3 aromatic rings. The Morgan fingerprint density at radius 1 is 1.09 bits per heavy atom. The van der Waals surface area contributed by atoms with Gasteiger partial charge in [-0.15, -0.1) is 0 Å². The van der Waals surface area contributed by atoms with Crippen molar-refractivity contribution in [3.8, 4) is 0 Å². The lowest BCUT2D eigenvalue weighted by atomic mass is 10.0. The maximum absolute atomic E-state index is 11.9. The predicted octanol–water partition coefficient (Wildman–Crippen LogP) is 4.45. The van der Waals surface area contributed by atoms with E-state index in [0.717, 1.165) is 16.7 Å². The second-order valence-corrected chi connectivity index (χ2v) is 8.79. The number of carbonyl (C=O) groups excluding carboxylic acids is 1. The molecule has 2 heterocycles. The summed E-state index contributed by atoms with van der Waals surface area (Å²) in [5, 5.41) is 15.6. The topological polar surface area (TPSA) is 106 Å². The van der Waals surface area contributed by atoms with E-state index < -0.39 is 6.29 Å². The standard InChI is InChI=1S/C25H28N4O4S/c1-2-26-24(31)29-20-6-3-5-19(13-20)23-32-21(16-34-25-27-11-4-12-28-25)14-22(33-23)18-9-7-17(15-30)8-10-18/h3-13,21-23,30H,2,14-16H2,1H3,(H2,26,29,31). The third-order valence-corrected chi connectivity index (χ3v) is 6.32. The molecule has 1 aliphatic heterocycles. The lowest BCUT2D eigenvalue weighted by Crippen LogP contribution is -2.31. The van der Waals surface area contributed by atoms with Gasteiger partial charge < -0.3 is 25.2 Å². The Bertz CT molecular complexity index is 1070. The first kappa shape index (κ1) is 24.2. The number of aromatic nitrogens is 2. The number of rotatable bonds is 8. The van der Waals surface area contributed by atoms with Crippen LogP contribution in [0.3, 0.4) is 0 Å². The zero-order valence-corrected chi connectivity index (χ0v) is 19.7. The number of benzene rings is 2. The molecule has 0 spiro atoms.